The molecule has 0 unspecified atom stereocenters. The number of esters is 1. The van der Waals surface area contributed by atoms with Crippen LogP contribution in [-0.4, -0.2) is 24.5 Å². The van der Waals surface area contributed by atoms with E-state index >= 15 is 0 Å². The molecule has 0 radical (unpaired) electrons. The van der Waals surface area contributed by atoms with Crippen molar-refractivity contribution in [3.63, 3.8) is 0 Å². The van der Waals surface area contributed by atoms with Gasteiger partial charge >= 0.3 is 5.97 Å². The average Bonchev–Trinajstić information content (AvgIpc) is 2.38. The molecule has 6 N–H and O–H groups in total. The Balaban J connectivity index is 2.69. The second-order valence-electron chi connectivity index (χ2n) is 4.04. The van der Waals surface area contributed by atoms with E-state index < -0.39 is 0 Å². The number of ether oxygens (including phenoxy) is 1. The van der Waals surface area contributed by atoms with Gasteiger partial charge in [-0.1, -0.05) is 13.3 Å². The highest BCUT2D eigenvalue weighted by Crippen LogP contribution is 2.14. The molecule has 7 heteroatoms. The number of benzene rings is 1. The first-order valence-electron chi connectivity index (χ1n) is 6.24. The molecule has 0 bridgehead atoms. The molecule has 7 nitrogen and oxygen atoms in total. The number of aliphatic imine (C=N–C) groups is 2. The second-order valence-corrected chi connectivity index (χ2v) is 4.04. The van der Waals surface area contributed by atoms with E-state index in [9.17, 15) is 4.79 Å². The van der Waals surface area contributed by atoms with Gasteiger partial charge in [-0.05, 0) is 30.7 Å². The van der Waals surface area contributed by atoms with Gasteiger partial charge in [-0.3, -0.25) is 0 Å². The van der Waals surface area contributed by atoms with Crippen LogP contribution in [-0.2, 0) is 4.74 Å². The number of carbonyl (C=O) groups excluding carboxylic acids is 1. The first-order chi connectivity index (χ1) is 9.52. The minimum atomic E-state index is -0.355. The van der Waals surface area contributed by atoms with Crippen molar-refractivity contribution < 1.29 is 9.53 Å². The number of hydrogen-bond donors (Lipinski definition) is 3. The summed E-state index contributed by atoms with van der Waals surface area (Å²) in [7, 11) is 0. The normalized spacial score (nSPS) is 10.9. The summed E-state index contributed by atoms with van der Waals surface area (Å²) in [5, 5.41) is 0. The molecule has 0 aromatic heterocycles. The molecule has 1 aromatic rings. The van der Waals surface area contributed by atoms with E-state index in [1.165, 1.54) is 0 Å². The zero-order valence-electron chi connectivity index (χ0n) is 11.4. The van der Waals surface area contributed by atoms with Gasteiger partial charge in [0.1, 0.15) is 0 Å². The first kappa shape index (κ1) is 15.5. The van der Waals surface area contributed by atoms with Gasteiger partial charge in [-0.15, -0.1) is 0 Å². The van der Waals surface area contributed by atoms with Crippen LogP contribution in [0.15, 0.2) is 34.3 Å². The lowest BCUT2D eigenvalue weighted by Gasteiger charge is -2.04. The maximum absolute atomic E-state index is 11.7. The lowest BCUT2D eigenvalue weighted by molar-refractivity contribution is 0.0500. The van der Waals surface area contributed by atoms with E-state index in [4.69, 9.17) is 21.9 Å². The molecule has 0 saturated carbocycles. The lowest BCUT2D eigenvalue weighted by atomic mass is 10.2. The third-order valence-electron chi connectivity index (χ3n) is 2.32. The Hall–Kier alpha value is -2.57. The summed E-state index contributed by atoms with van der Waals surface area (Å²) in [6.07, 6.45) is 1.83. The average molecular weight is 277 g/mol. The number of hydrogen-bond acceptors (Lipinski definition) is 3. The summed E-state index contributed by atoms with van der Waals surface area (Å²) in [5.41, 5.74) is 16.8. The Kier molecular flexibility index (Phi) is 6.02. The third-order valence-corrected chi connectivity index (χ3v) is 2.32. The van der Waals surface area contributed by atoms with E-state index in [1.807, 2.05) is 6.92 Å². The summed E-state index contributed by atoms with van der Waals surface area (Å²) in [6.45, 7) is 2.45. The van der Waals surface area contributed by atoms with Crippen LogP contribution in [0.2, 0.25) is 0 Å². The number of nitrogens with two attached hydrogens (primary N) is 3. The molecule has 0 heterocycles. The van der Waals surface area contributed by atoms with Crippen LogP contribution in [0.25, 0.3) is 0 Å². The summed E-state index contributed by atoms with van der Waals surface area (Å²) in [4.78, 5) is 19.2. The predicted octanol–water partition coefficient (Wildman–Crippen LogP) is 0.863. The van der Waals surface area contributed by atoms with Gasteiger partial charge < -0.3 is 21.9 Å². The van der Waals surface area contributed by atoms with Crippen molar-refractivity contribution in [2.45, 2.75) is 19.8 Å². The highest BCUT2D eigenvalue weighted by atomic mass is 16.5. The number of guanidine groups is 2. The number of rotatable bonds is 5. The standard InChI is InChI=1S/C13H19N5O2/c1-2-3-8-20-11(19)9-4-6-10(7-5-9)17-13(16)18-12(14)15/h4-7H,2-3,8H2,1H3,(H6,14,15,16,17,18). The molecule has 0 spiro atoms. The zero-order chi connectivity index (χ0) is 15.0. The van der Waals surface area contributed by atoms with Crippen molar-refractivity contribution >= 4 is 23.6 Å². The van der Waals surface area contributed by atoms with Gasteiger partial charge in [-0.25, -0.2) is 9.79 Å². The number of carbonyl (C=O) groups is 1. The van der Waals surface area contributed by atoms with E-state index in [0.29, 0.717) is 17.9 Å². The zero-order valence-corrected chi connectivity index (χ0v) is 11.4. The van der Waals surface area contributed by atoms with E-state index in [1.54, 1.807) is 24.3 Å². The smallest absolute Gasteiger partial charge is 0.338 e. The van der Waals surface area contributed by atoms with Gasteiger partial charge in [0.15, 0.2) is 5.96 Å². The fourth-order valence-corrected chi connectivity index (χ4v) is 1.35. The van der Waals surface area contributed by atoms with Gasteiger partial charge in [-0.2, -0.15) is 4.99 Å². The Morgan fingerprint density at radius 3 is 2.40 bits per heavy atom. The Bertz CT molecular complexity index is 504. The van der Waals surface area contributed by atoms with E-state index in [0.717, 1.165) is 12.8 Å². The van der Waals surface area contributed by atoms with E-state index in [-0.39, 0.29) is 17.9 Å². The van der Waals surface area contributed by atoms with Crippen LogP contribution in [0.5, 0.6) is 0 Å². The highest BCUT2D eigenvalue weighted by molar-refractivity contribution is 5.94. The molecule has 0 saturated heterocycles. The van der Waals surface area contributed by atoms with Crippen molar-refractivity contribution in [3.8, 4) is 0 Å². The van der Waals surface area contributed by atoms with Crippen LogP contribution in [0, 0.1) is 0 Å². The maximum atomic E-state index is 11.7. The van der Waals surface area contributed by atoms with Gasteiger partial charge in [0.2, 0.25) is 5.96 Å². The van der Waals surface area contributed by atoms with Crippen LogP contribution < -0.4 is 17.2 Å². The first-order valence-corrected chi connectivity index (χ1v) is 6.24. The topological polar surface area (TPSA) is 129 Å². The van der Waals surface area contributed by atoms with Crippen LogP contribution in [0.3, 0.4) is 0 Å². The van der Waals surface area contributed by atoms with Gasteiger partial charge in [0, 0.05) is 0 Å². The fourth-order valence-electron chi connectivity index (χ4n) is 1.35. The molecular formula is C13H19N5O2. The van der Waals surface area contributed by atoms with E-state index in [2.05, 4.69) is 9.98 Å². The SMILES string of the molecule is CCCCOC(=O)c1ccc(N=C(N)N=C(N)N)cc1. The van der Waals surface area contributed by atoms with Crippen molar-refractivity contribution in [1.82, 2.24) is 0 Å². The van der Waals surface area contributed by atoms with Crippen LogP contribution in [0.4, 0.5) is 5.69 Å². The molecule has 1 aromatic carbocycles. The molecular weight excluding hydrogens is 258 g/mol. The Labute approximate surface area is 117 Å². The molecule has 0 amide bonds. The summed E-state index contributed by atoms with van der Waals surface area (Å²) < 4.78 is 5.09. The van der Waals surface area contributed by atoms with Crippen molar-refractivity contribution in [3.05, 3.63) is 29.8 Å². The van der Waals surface area contributed by atoms with Crippen molar-refractivity contribution in [2.75, 3.05) is 6.61 Å². The van der Waals surface area contributed by atoms with Crippen molar-refractivity contribution in [2.24, 2.45) is 27.2 Å². The Morgan fingerprint density at radius 1 is 1.20 bits per heavy atom. The maximum Gasteiger partial charge on any atom is 0.338 e. The van der Waals surface area contributed by atoms with Crippen LogP contribution >= 0.6 is 0 Å². The monoisotopic (exact) mass is 277 g/mol. The van der Waals surface area contributed by atoms with Crippen molar-refractivity contribution in [1.29, 1.82) is 0 Å². The number of nitrogens with zero attached hydrogens (tertiary/aromatic N) is 2. The van der Waals surface area contributed by atoms with Crippen LogP contribution in [0.1, 0.15) is 30.1 Å². The fraction of sp³-hybridized carbons (Fsp3) is 0.308. The molecule has 0 fully saturated rings. The highest BCUT2D eigenvalue weighted by Gasteiger charge is 2.06. The quantitative estimate of drug-likeness (QED) is 0.318. The summed E-state index contributed by atoms with van der Waals surface area (Å²) >= 11 is 0. The summed E-state index contributed by atoms with van der Waals surface area (Å²) in [5.74, 6) is -0.572. The summed E-state index contributed by atoms with van der Waals surface area (Å²) in [6, 6.07) is 6.48. The Morgan fingerprint density at radius 2 is 1.85 bits per heavy atom. The van der Waals surface area contributed by atoms with Gasteiger partial charge in [0.05, 0.1) is 17.9 Å². The minimum absolute atomic E-state index is 0.0525. The molecule has 0 atom stereocenters. The predicted molar refractivity (Wildman–Crippen MR) is 78.7 cm³/mol. The molecule has 0 aliphatic heterocycles. The largest absolute Gasteiger partial charge is 0.462 e. The molecule has 108 valence electrons. The lowest BCUT2D eigenvalue weighted by Crippen LogP contribution is -2.26. The molecule has 20 heavy (non-hydrogen) atoms. The third kappa shape index (κ3) is 5.38. The second kappa shape index (κ2) is 7.78. The molecule has 0 aliphatic carbocycles. The number of unbranched alkanes of at least 4 members (excludes halogenated alkanes) is 1. The molecule has 1 rings (SSSR count). The van der Waals surface area contributed by atoms with Gasteiger partial charge in [0.25, 0.3) is 0 Å². The molecule has 0 aliphatic rings. The minimum Gasteiger partial charge on any atom is -0.462 e.